The first kappa shape index (κ1) is 9.85. The predicted octanol–water partition coefficient (Wildman–Crippen LogP) is 0.0799. The number of Topliss-reactive ketones (excluding diaryl/α,β-unsaturated/α-hetero) is 1. The maximum absolute atomic E-state index is 11.3. The average Bonchev–Trinajstić information content (AvgIpc) is 2.45. The van der Waals surface area contributed by atoms with E-state index in [9.17, 15) is 4.79 Å². The lowest BCUT2D eigenvalue weighted by molar-refractivity contribution is 0.0995. The number of rotatable bonds is 3. The smallest absolute Gasteiger partial charge is 0.198 e. The molecule has 1 aromatic heterocycles. The van der Waals surface area contributed by atoms with E-state index in [1.165, 1.54) is 0 Å². The summed E-state index contributed by atoms with van der Waals surface area (Å²) in [6, 6.07) is 0. The van der Waals surface area contributed by atoms with Gasteiger partial charge in [0.05, 0.1) is 12.2 Å². The summed E-state index contributed by atoms with van der Waals surface area (Å²) < 4.78 is 1.62. The average molecular weight is 182 g/mol. The molecule has 1 rings (SSSR count). The van der Waals surface area contributed by atoms with Crippen molar-refractivity contribution < 1.29 is 4.79 Å². The Kier molecular flexibility index (Phi) is 2.77. The van der Waals surface area contributed by atoms with Gasteiger partial charge in [-0.25, -0.2) is 0 Å². The molecule has 0 unspecified atom stereocenters. The summed E-state index contributed by atoms with van der Waals surface area (Å²) in [5, 5.41) is 7.59. The molecule has 0 aliphatic carbocycles. The first-order valence-corrected chi connectivity index (χ1v) is 4.20. The van der Waals surface area contributed by atoms with Crippen molar-refractivity contribution in [3.05, 3.63) is 11.4 Å². The van der Waals surface area contributed by atoms with Gasteiger partial charge in [-0.05, 0) is 5.92 Å². The maximum atomic E-state index is 11.3. The van der Waals surface area contributed by atoms with Crippen LogP contribution >= 0.6 is 0 Å². The molecule has 0 amide bonds. The largest absolute Gasteiger partial charge is 0.324 e. The summed E-state index contributed by atoms with van der Waals surface area (Å²) in [7, 11) is 1.77. The van der Waals surface area contributed by atoms with Crippen molar-refractivity contribution in [2.75, 3.05) is 6.54 Å². The molecule has 0 bridgehead atoms. The number of carbonyl (C=O) groups is 1. The Hall–Kier alpha value is -1.23. The van der Waals surface area contributed by atoms with Crippen molar-refractivity contribution in [2.24, 2.45) is 12.8 Å². The van der Waals surface area contributed by atoms with Crippen LogP contribution in [0.25, 0.3) is 0 Å². The zero-order valence-electron chi connectivity index (χ0n) is 8.11. The summed E-state index contributed by atoms with van der Waals surface area (Å²) in [6.45, 7) is 3.97. The monoisotopic (exact) mass is 182 g/mol. The van der Waals surface area contributed by atoms with Crippen LogP contribution in [-0.4, -0.2) is 27.3 Å². The summed E-state index contributed by atoms with van der Waals surface area (Å²) in [5.74, 6) is 0.0716. The van der Waals surface area contributed by atoms with Gasteiger partial charge in [-0.2, -0.15) is 0 Å². The third-order valence-electron chi connectivity index (χ3n) is 1.87. The van der Waals surface area contributed by atoms with E-state index in [0.29, 0.717) is 5.69 Å². The van der Waals surface area contributed by atoms with Gasteiger partial charge in [0.1, 0.15) is 0 Å². The van der Waals surface area contributed by atoms with Crippen LogP contribution in [0.2, 0.25) is 0 Å². The number of carbonyl (C=O) groups excluding carboxylic acids is 1. The molecule has 0 saturated carbocycles. The minimum Gasteiger partial charge on any atom is -0.324 e. The highest BCUT2D eigenvalue weighted by Gasteiger charge is 2.18. The van der Waals surface area contributed by atoms with Gasteiger partial charge < -0.3 is 5.73 Å². The van der Waals surface area contributed by atoms with Crippen molar-refractivity contribution in [1.82, 2.24) is 15.0 Å². The second kappa shape index (κ2) is 3.66. The van der Waals surface area contributed by atoms with Crippen LogP contribution in [-0.2, 0) is 7.05 Å². The fourth-order valence-corrected chi connectivity index (χ4v) is 1.31. The molecule has 5 nitrogen and oxygen atoms in total. The molecule has 1 heterocycles. The standard InChI is InChI=1S/C8H14N4O/c1-5(2)8-7(6(13)4-9)10-11-12(8)3/h5H,4,9H2,1-3H3. The van der Waals surface area contributed by atoms with Crippen LogP contribution in [0.4, 0.5) is 0 Å². The van der Waals surface area contributed by atoms with E-state index in [-0.39, 0.29) is 18.2 Å². The van der Waals surface area contributed by atoms with Crippen LogP contribution in [0.5, 0.6) is 0 Å². The van der Waals surface area contributed by atoms with Crippen LogP contribution in [0.3, 0.4) is 0 Å². The summed E-state index contributed by atoms with van der Waals surface area (Å²) in [5.41, 5.74) is 6.50. The van der Waals surface area contributed by atoms with E-state index in [0.717, 1.165) is 5.69 Å². The predicted molar refractivity (Wildman–Crippen MR) is 48.5 cm³/mol. The molecule has 0 saturated heterocycles. The third-order valence-corrected chi connectivity index (χ3v) is 1.87. The molecule has 0 atom stereocenters. The van der Waals surface area contributed by atoms with Gasteiger partial charge in [0.15, 0.2) is 11.5 Å². The normalized spacial score (nSPS) is 10.8. The quantitative estimate of drug-likeness (QED) is 0.672. The zero-order chi connectivity index (χ0) is 10.0. The Balaban J connectivity index is 3.15. The minimum absolute atomic E-state index is 0.0155. The summed E-state index contributed by atoms with van der Waals surface area (Å²) >= 11 is 0. The molecule has 72 valence electrons. The Bertz CT molecular complexity index is 316. The lowest BCUT2D eigenvalue weighted by Gasteiger charge is -2.05. The molecule has 13 heavy (non-hydrogen) atoms. The van der Waals surface area contributed by atoms with Crippen LogP contribution in [0, 0.1) is 0 Å². The molecule has 0 radical (unpaired) electrons. The summed E-state index contributed by atoms with van der Waals surface area (Å²) in [4.78, 5) is 11.3. The van der Waals surface area contributed by atoms with Gasteiger partial charge in [0, 0.05) is 7.05 Å². The second-order valence-corrected chi connectivity index (χ2v) is 3.23. The number of hydrogen-bond donors (Lipinski definition) is 1. The number of ketones is 1. The molecule has 0 aliphatic heterocycles. The van der Waals surface area contributed by atoms with E-state index in [4.69, 9.17) is 5.73 Å². The van der Waals surface area contributed by atoms with Gasteiger partial charge in [0.2, 0.25) is 0 Å². The molecule has 1 aromatic rings. The lowest BCUT2D eigenvalue weighted by Crippen LogP contribution is -2.16. The van der Waals surface area contributed by atoms with Gasteiger partial charge in [0.25, 0.3) is 0 Å². The van der Waals surface area contributed by atoms with Crippen LogP contribution < -0.4 is 5.73 Å². The van der Waals surface area contributed by atoms with Crippen molar-refractivity contribution in [2.45, 2.75) is 19.8 Å². The molecule has 0 aromatic carbocycles. The molecule has 0 fully saturated rings. The van der Waals surface area contributed by atoms with E-state index >= 15 is 0 Å². The second-order valence-electron chi connectivity index (χ2n) is 3.23. The molecule has 2 N–H and O–H groups in total. The fraction of sp³-hybridized carbons (Fsp3) is 0.625. The molecular weight excluding hydrogens is 168 g/mol. The number of aryl methyl sites for hydroxylation is 1. The van der Waals surface area contributed by atoms with Crippen molar-refractivity contribution in [3.8, 4) is 0 Å². The van der Waals surface area contributed by atoms with Crippen LogP contribution in [0.15, 0.2) is 0 Å². The highest BCUT2D eigenvalue weighted by atomic mass is 16.1. The van der Waals surface area contributed by atoms with Crippen molar-refractivity contribution in [1.29, 1.82) is 0 Å². The maximum Gasteiger partial charge on any atom is 0.198 e. The molecule has 0 spiro atoms. The summed E-state index contributed by atoms with van der Waals surface area (Å²) in [6.07, 6.45) is 0. The first-order chi connectivity index (χ1) is 6.07. The van der Waals surface area contributed by atoms with Crippen molar-refractivity contribution >= 4 is 5.78 Å². The van der Waals surface area contributed by atoms with Crippen molar-refractivity contribution in [3.63, 3.8) is 0 Å². The fourth-order valence-electron chi connectivity index (χ4n) is 1.31. The molecule has 5 heteroatoms. The molecular formula is C8H14N4O. The minimum atomic E-state index is -0.156. The van der Waals surface area contributed by atoms with Gasteiger partial charge in [-0.3, -0.25) is 9.48 Å². The number of nitrogens with zero attached hydrogens (tertiary/aromatic N) is 3. The van der Waals surface area contributed by atoms with Crippen LogP contribution in [0.1, 0.15) is 35.9 Å². The highest BCUT2D eigenvalue weighted by molar-refractivity contribution is 5.96. The van der Waals surface area contributed by atoms with E-state index in [1.54, 1.807) is 11.7 Å². The van der Waals surface area contributed by atoms with E-state index in [2.05, 4.69) is 10.3 Å². The SMILES string of the molecule is CC(C)c1c(C(=O)CN)nnn1C. The van der Waals surface area contributed by atoms with Gasteiger partial charge in [-0.15, -0.1) is 5.10 Å². The highest BCUT2D eigenvalue weighted by Crippen LogP contribution is 2.16. The molecule has 0 aliphatic rings. The topological polar surface area (TPSA) is 73.8 Å². The Morgan fingerprint density at radius 2 is 2.23 bits per heavy atom. The van der Waals surface area contributed by atoms with Gasteiger partial charge >= 0.3 is 0 Å². The van der Waals surface area contributed by atoms with E-state index in [1.807, 2.05) is 13.8 Å². The zero-order valence-corrected chi connectivity index (χ0v) is 8.11. The Labute approximate surface area is 76.9 Å². The van der Waals surface area contributed by atoms with Gasteiger partial charge in [-0.1, -0.05) is 19.1 Å². The van der Waals surface area contributed by atoms with E-state index < -0.39 is 0 Å². The number of hydrogen-bond acceptors (Lipinski definition) is 4. The Morgan fingerprint density at radius 1 is 1.62 bits per heavy atom. The first-order valence-electron chi connectivity index (χ1n) is 4.20. The third kappa shape index (κ3) is 1.75. The number of nitrogens with two attached hydrogens (primary N) is 1. The Morgan fingerprint density at radius 3 is 2.69 bits per heavy atom. The number of aromatic nitrogens is 3. The lowest BCUT2D eigenvalue weighted by atomic mass is 10.1.